The van der Waals surface area contributed by atoms with Crippen LogP contribution in [0.15, 0.2) is 0 Å². The molecule has 1 aliphatic carbocycles. The van der Waals surface area contributed by atoms with E-state index in [9.17, 15) is 24.0 Å². The number of rotatable bonds is 8. The third-order valence-corrected chi connectivity index (χ3v) is 6.34. The quantitative estimate of drug-likeness (QED) is 0.312. The third kappa shape index (κ3) is 4.99. The van der Waals surface area contributed by atoms with Gasteiger partial charge in [0.15, 0.2) is 5.78 Å². The predicted octanol–water partition coefficient (Wildman–Crippen LogP) is -1.54. The van der Waals surface area contributed by atoms with Gasteiger partial charge in [-0.2, -0.15) is 0 Å². The van der Waals surface area contributed by atoms with Crippen molar-refractivity contribution in [1.29, 1.82) is 0 Å². The fourth-order valence-electron chi connectivity index (χ4n) is 4.59. The molecule has 0 aromatic heterocycles. The van der Waals surface area contributed by atoms with E-state index in [2.05, 4.69) is 0 Å². The number of aliphatic carboxylic acids is 1. The molecule has 2 aliphatic rings. The summed E-state index contributed by atoms with van der Waals surface area (Å²) in [6.07, 6.45) is 2.31. The molecule has 0 spiro atoms. The first-order valence-electron chi connectivity index (χ1n) is 10.2. The Bertz CT molecular complexity index is 727. The highest BCUT2D eigenvalue weighted by Crippen LogP contribution is 2.36. The van der Waals surface area contributed by atoms with Crippen LogP contribution in [0.1, 0.15) is 39.0 Å². The highest BCUT2D eigenvalue weighted by Gasteiger charge is 2.60. The number of nitrogens with two attached hydrogens (primary N) is 3. The highest BCUT2D eigenvalue weighted by atomic mass is 35.5. The lowest BCUT2D eigenvalue weighted by molar-refractivity contribution is -0.177. The standard InChI is InChI=1S/C19H31N5O6.ClH/c1-2-19(17(22)29)18(30)23(10-15(26)27)9-13(14(25)8-21)24(19)16(28)12-5-3-11(7-20)4-6-12;/h11-13H,2-10,20-21H2,1H3,(H2,22,29)(H,26,27);1H/t11-,12-,13?,19-;/m0./s1. The molecule has 0 bridgehead atoms. The molecular formula is C19H32ClN5O6. The Balaban J connectivity index is 0.00000480. The Kier molecular flexibility index (Phi) is 9.40. The van der Waals surface area contributed by atoms with Gasteiger partial charge in [0, 0.05) is 12.5 Å². The van der Waals surface area contributed by atoms with Crippen molar-refractivity contribution in [2.24, 2.45) is 29.0 Å². The maximum absolute atomic E-state index is 13.5. The molecule has 0 radical (unpaired) electrons. The number of hydrogen-bond donors (Lipinski definition) is 4. The molecule has 12 heteroatoms. The Hall–Kier alpha value is -2.24. The van der Waals surface area contributed by atoms with Gasteiger partial charge >= 0.3 is 5.97 Å². The number of carboxylic acid groups (broad SMARTS) is 1. The largest absolute Gasteiger partial charge is 0.480 e. The topological polar surface area (TPSA) is 190 Å². The van der Waals surface area contributed by atoms with Gasteiger partial charge in [0.05, 0.1) is 6.54 Å². The van der Waals surface area contributed by atoms with Crippen molar-refractivity contribution in [2.75, 3.05) is 26.2 Å². The minimum atomic E-state index is -2.13. The molecular weight excluding hydrogens is 430 g/mol. The average Bonchev–Trinajstić information content (AvgIpc) is 2.73. The number of piperazine rings is 1. The zero-order chi connectivity index (χ0) is 22.6. The average molecular weight is 462 g/mol. The van der Waals surface area contributed by atoms with Crippen LogP contribution in [0.25, 0.3) is 0 Å². The van der Waals surface area contributed by atoms with E-state index < -0.39 is 60.1 Å². The fraction of sp³-hybridized carbons (Fsp3) is 0.737. The molecule has 7 N–H and O–H groups in total. The lowest BCUT2D eigenvalue weighted by Gasteiger charge is -2.51. The second kappa shape index (κ2) is 10.9. The molecule has 2 atom stereocenters. The SMILES string of the molecule is CC[C@]1(C(N)=O)C(=O)N(CC(=O)O)CC(C(=O)CN)N1C(=O)[C@H]1CC[C@H](CN)CC1.Cl. The summed E-state index contributed by atoms with van der Waals surface area (Å²) in [5, 5.41) is 9.16. The maximum atomic E-state index is 13.5. The van der Waals surface area contributed by atoms with Crippen molar-refractivity contribution in [1.82, 2.24) is 9.80 Å². The van der Waals surface area contributed by atoms with E-state index in [0.29, 0.717) is 25.3 Å². The lowest BCUT2D eigenvalue weighted by Crippen LogP contribution is -2.77. The first-order valence-corrected chi connectivity index (χ1v) is 10.2. The molecule has 1 saturated heterocycles. The van der Waals surface area contributed by atoms with Crippen LogP contribution in [0.2, 0.25) is 0 Å². The number of ketones is 1. The number of halogens is 1. The number of nitrogens with zero attached hydrogens (tertiary/aromatic N) is 2. The second-order valence-corrected chi connectivity index (χ2v) is 8.01. The fourth-order valence-corrected chi connectivity index (χ4v) is 4.59. The Labute approximate surface area is 187 Å². The van der Waals surface area contributed by atoms with Crippen LogP contribution in [0.3, 0.4) is 0 Å². The van der Waals surface area contributed by atoms with E-state index in [0.717, 1.165) is 22.6 Å². The number of carboxylic acids is 1. The molecule has 1 saturated carbocycles. The summed E-state index contributed by atoms with van der Waals surface area (Å²) in [6, 6.07) is -1.24. The van der Waals surface area contributed by atoms with Gasteiger partial charge in [-0.3, -0.25) is 24.0 Å². The van der Waals surface area contributed by atoms with E-state index >= 15 is 0 Å². The molecule has 1 unspecified atom stereocenters. The molecule has 2 fully saturated rings. The first-order chi connectivity index (χ1) is 14.1. The van der Waals surface area contributed by atoms with E-state index in [1.54, 1.807) is 0 Å². The molecule has 11 nitrogen and oxygen atoms in total. The van der Waals surface area contributed by atoms with Crippen molar-refractivity contribution in [3.8, 4) is 0 Å². The Morgan fingerprint density at radius 2 is 1.71 bits per heavy atom. The monoisotopic (exact) mass is 461 g/mol. The normalized spacial score (nSPS) is 28.6. The first kappa shape index (κ1) is 26.8. The Morgan fingerprint density at radius 1 is 1.13 bits per heavy atom. The van der Waals surface area contributed by atoms with Crippen molar-refractivity contribution in [3.05, 3.63) is 0 Å². The van der Waals surface area contributed by atoms with E-state index in [1.165, 1.54) is 6.92 Å². The zero-order valence-electron chi connectivity index (χ0n) is 17.6. The number of primary amides is 1. The molecule has 1 aliphatic heterocycles. The number of amides is 3. The van der Waals surface area contributed by atoms with Crippen LogP contribution in [0.5, 0.6) is 0 Å². The van der Waals surface area contributed by atoms with Gasteiger partial charge in [0.25, 0.3) is 11.8 Å². The number of carbonyl (C=O) groups excluding carboxylic acids is 4. The lowest BCUT2D eigenvalue weighted by atomic mass is 9.78. The Morgan fingerprint density at radius 3 is 2.13 bits per heavy atom. The summed E-state index contributed by atoms with van der Waals surface area (Å²) in [4.78, 5) is 65.1. The van der Waals surface area contributed by atoms with Crippen LogP contribution in [0.4, 0.5) is 0 Å². The van der Waals surface area contributed by atoms with Crippen molar-refractivity contribution in [3.63, 3.8) is 0 Å². The minimum Gasteiger partial charge on any atom is -0.480 e. The van der Waals surface area contributed by atoms with E-state index in [-0.39, 0.29) is 25.4 Å². The van der Waals surface area contributed by atoms with Gasteiger partial charge in [0.1, 0.15) is 12.6 Å². The molecule has 31 heavy (non-hydrogen) atoms. The van der Waals surface area contributed by atoms with Crippen LogP contribution < -0.4 is 17.2 Å². The van der Waals surface area contributed by atoms with Crippen LogP contribution in [-0.4, -0.2) is 82.1 Å². The van der Waals surface area contributed by atoms with Gasteiger partial charge in [0.2, 0.25) is 11.4 Å². The number of carbonyl (C=O) groups is 5. The molecule has 0 aromatic carbocycles. The van der Waals surface area contributed by atoms with E-state index in [1.807, 2.05) is 0 Å². The summed E-state index contributed by atoms with van der Waals surface area (Å²) in [6.45, 7) is 0.526. The molecule has 0 aromatic rings. The van der Waals surface area contributed by atoms with Gasteiger partial charge in [-0.1, -0.05) is 6.92 Å². The highest BCUT2D eigenvalue weighted by molar-refractivity contribution is 6.14. The molecule has 1 heterocycles. The van der Waals surface area contributed by atoms with Gasteiger partial charge in [-0.15, -0.1) is 12.4 Å². The van der Waals surface area contributed by atoms with Crippen molar-refractivity contribution >= 4 is 41.9 Å². The van der Waals surface area contributed by atoms with E-state index in [4.69, 9.17) is 22.3 Å². The third-order valence-electron chi connectivity index (χ3n) is 6.34. The van der Waals surface area contributed by atoms with Crippen LogP contribution in [-0.2, 0) is 24.0 Å². The van der Waals surface area contributed by atoms with Crippen molar-refractivity contribution < 1.29 is 29.1 Å². The minimum absolute atomic E-state index is 0. The molecule has 2 rings (SSSR count). The van der Waals surface area contributed by atoms with Gasteiger partial charge < -0.3 is 32.1 Å². The summed E-state index contributed by atoms with van der Waals surface area (Å²) in [7, 11) is 0. The summed E-state index contributed by atoms with van der Waals surface area (Å²) >= 11 is 0. The number of hydrogen-bond acceptors (Lipinski definition) is 7. The van der Waals surface area contributed by atoms with Gasteiger partial charge in [-0.25, -0.2) is 0 Å². The number of Topliss-reactive ketones (excluding diaryl/α,β-unsaturated/α-hetero) is 1. The summed E-state index contributed by atoms with van der Waals surface area (Å²) in [5.74, 6) is -4.53. The van der Waals surface area contributed by atoms with Gasteiger partial charge in [-0.05, 0) is 44.6 Å². The van der Waals surface area contributed by atoms with Crippen LogP contribution >= 0.6 is 12.4 Å². The maximum Gasteiger partial charge on any atom is 0.323 e. The molecule has 176 valence electrons. The summed E-state index contributed by atoms with van der Waals surface area (Å²) < 4.78 is 0. The smallest absolute Gasteiger partial charge is 0.323 e. The van der Waals surface area contributed by atoms with Crippen LogP contribution in [0, 0.1) is 11.8 Å². The summed E-state index contributed by atoms with van der Waals surface area (Å²) in [5.41, 5.74) is 14.7. The zero-order valence-corrected chi connectivity index (χ0v) is 18.4. The van der Waals surface area contributed by atoms with Crippen molar-refractivity contribution in [2.45, 2.75) is 50.6 Å². The second-order valence-electron chi connectivity index (χ2n) is 8.01. The molecule has 3 amide bonds. The predicted molar refractivity (Wildman–Crippen MR) is 113 cm³/mol.